The van der Waals surface area contributed by atoms with Gasteiger partial charge in [-0.2, -0.15) is 0 Å². The van der Waals surface area contributed by atoms with E-state index < -0.39 is 0 Å². The van der Waals surface area contributed by atoms with E-state index in [4.69, 9.17) is 0 Å². The van der Waals surface area contributed by atoms with Gasteiger partial charge in [-0.15, -0.1) is 0 Å². The Balaban J connectivity index is 2.01. The first-order valence-electron chi connectivity index (χ1n) is 7.78. The molecule has 3 rings (SSSR count). The fourth-order valence-electron chi connectivity index (χ4n) is 2.98. The average Bonchev–Trinajstić information content (AvgIpc) is 3.01. The summed E-state index contributed by atoms with van der Waals surface area (Å²) in [4.78, 5) is 17.9. The monoisotopic (exact) mass is 295 g/mol. The number of nitrogens with zero attached hydrogens (tertiary/aromatic N) is 2. The number of anilines is 2. The van der Waals surface area contributed by atoms with Crippen LogP contribution in [-0.2, 0) is 4.79 Å². The molecule has 2 aliphatic rings. The van der Waals surface area contributed by atoms with Gasteiger partial charge in [0.25, 0.3) is 0 Å². The molecule has 4 nitrogen and oxygen atoms in total. The fraction of sp³-hybridized carbons (Fsp3) is 0.333. The van der Waals surface area contributed by atoms with Crippen LogP contribution in [0.4, 0.5) is 11.4 Å². The summed E-state index contributed by atoms with van der Waals surface area (Å²) >= 11 is 0. The van der Waals surface area contributed by atoms with Crippen molar-refractivity contribution in [3.63, 3.8) is 0 Å². The van der Waals surface area contributed by atoms with E-state index in [0.29, 0.717) is 6.54 Å². The van der Waals surface area contributed by atoms with E-state index in [1.807, 2.05) is 19.2 Å². The third-order valence-corrected chi connectivity index (χ3v) is 4.06. The molecule has 22 heavy (non-hydrogen) atoms. The zero-order valence-corrected chi connectivity index (χ0v) is 13.1. The summed E-state index contributed by atoms with van der Waals surface area (Å²) in [5, 5.41) is 3.43. The van der Waals surface area contributed by atoms with Crippen LogP contribution in [0, 0.1) is 0 Å². The lowest BCUT2D eigenvalue weighted by molar-refractivity contribution is -0.116. The Morgan fingerprint density at radius 3 is 3.00 bits per heavy atom. The van der Waals surface area contributed by atoms with Crippen LogP contribution in [0.5, 0.6) is 0 Å². The van der Waals surface area contributed by atoms with Crippen molar-refractivity contribution in [1.29, 1.82) is 0 Å². The molecule has 0 unspecified atom stereocenters. The van der Waals surface area contributed by atoms with Crippen molar-refractivity contribution in [3.05, 3.63) is 41.6 Å². The van der Waals surface area contributed by atoms with Gasteiger partial charge in [0.05, 0.1) is 5.70 Å². The molecule has 0 fully saturated rings. The van der Waals surface area contributed by atoms with Crippen molar-refractivity contribution in [1.82, 2.24) is 0 Å². The molecule has 2 heterocycles. The van der Waals surface area contributed by atoms with E-state index in [2.05, 4.69) is 34.6 Å². The van der Waals surface area contributed by atoms with Gasteiger partial charge in [-0.1, -0.05) is 6.08 Å². The summed E-state index contributed by atoms with van der Waals surface area (Å²) in [6.45, 7) is 5.21. The number of rotatable bonds is 3. The molecule has 0 radical (unpaired) electrons. The molecular weight excluding hydrogens is 274 g/mol. The molecule has 2 aliphatic heterocycles. The lowest BCUT2D eigenvalue weighted by atomic mass is 9.95. The second-order valence-corrected chi connectivity index (χ2v) is 5.52. The molecule has 0 spiro atoms. The number of fused-ring (bicyclic) bond motifs is 1. The Morgan fingerprint density at radius 1 is 1.45 bits per heavy atom. The van der Waals surface area contributed by atoms with Crippen LogP contribution in [0.15, 0.2) is 41.0 Å². The van der Waals surface area contributed by atoms with E-state index in [-0.39, 0.29) is 5.91 Å². The predicted octanol–water partition coefficient (Wildman–Crippen LogP) is 3.62. The van der Waals surface area contributed by atoms with Crippen molar-refractivity contribution >= 4 is 29.1 Å². The maximum Gasteiger partial charge on any atom is 0.223 e. The third kappa shape index (κ3) is 2.82. The first-order valence-corrected chi connectivity index (χ1v) is 7.78. The SMILES string of the molecule is CCN(C(C)=O)c1ccc2c(c1)/C(=C/C1=CCC=N1)CCN2. The smallest absolute Gasteiger partial charge is 0.223 e. The minimum Gasteiger partial charge on any atom is -0.384 e. The number of benzene rings is 1. The minimum atomic E-state index is 0.0693. The molecule has 0 saturated carbocycles. The summed E-state index contributed by atoms with van der Waals surface area (Å²) in [6, 6.07) is 6.18. The summed E-state index contributed by atoms with van der Waals surface area (Å²) in [5.74, 6) is 0.0693. The van der Waals surface area contributed by atoms with Gasteiger partial charge in [0.1, 0.15) is 0 Å². The molecule has 0 aliphatic carbocycles. The maximum atomic E-state index is 11.8. The number of amides is 1. The third-order valence-electron chi connectivity index (χ3n) is 4.06. The molecule has 0 saturated heterocycles. The van der Waals surface area contributed by atoms with Crippen molar-refractivity contribution in [2.24, 2.45) is 4.99 Å². The fourth-order valence-corrected chi connectivity index (χ4v) is 2.98. The number of allylic oxidation sites excluding steroid dienone is 2. The molecule has 114 valence electrons. The van der Waals surface area contributed by atoms with Gasteiger partial charge in [0, 0.05) is 49.6 Å². The van der Waals surface area contributed by atoms with Crippen LogP contribution in [-0.4, -0.2) is 25.2 Å². The van der Waals surface area contributed by atoms with Crippen LogP contribution in [0.25, 0.3) is 5.57 Å². The quantitative estimate of drug-likeness (QED) is 0.925. The highest BCUT2D eigenvalue weighted by molar-refractivity contribution is 5.93. The van der Waals surface area contributed by atoms with Crippen LogP contribution >= 0.6 is 0 Å². The van der Waals surface area contributed by atoms with Gasteiger partial charge in [0.2, 0.25) is 5.91 Å². The maximum absolute atomic E-state index is 11.8. The van der Waals surface area contributed by atoms with Crippen LogP contribution in [0.2, 0.25) is 0 Å². The average molecular weight is 295 g/mol. The van der Waals surface area contributed by atoms with Gasteiger partial charge in [0.15, 0.2) is 0 Å². The van der Waals surface area contributed by atoms with E-state index >= 15 is 0 Å². The van der Waals surface area contributed by atoms with Gasteiger partial charge in [-0.25, -0.2) is 0 Å². The standard InChI is InChI=1S/C18H21N3O/c1-3-21(13(2)22)16-6-7-18-17(12-16)14(8-10-20-18)11-15-5-4-9-19-15/h5-7,9,11-12,20H,3-4,8,10H2,1-2H3/b14-11+. The number of hydrogen-bond donors (Lipinski definition) is 1. The Kier molecular flexibility index (Phi) is 4.09. The van der Waals surface area contributed by atoms with Gasteiger partial charge >= 0.3 is 0 Å². The summed E-state index contributed by atoms with van der Waals surface area (Å²) in [7, 11) is 0. The summed E-state index contributed by atoms with van der Waals surface area (Å²) < 4.78 is 0. The molecule has 0 atom stereocenters. The zero-order valence-electron chi connectivity index (χ0n) is 13.1. The van der Waals surface area contributed by atoms with Crippen molar-refractivity contribution < 1.29 is 4.79 Å². The van der Waals surface area contributed by atoms with Crippen molar-refractivity contribution in [2.75, 3.05) is 23.3 Å². The zero-order chi connectivity index (χ0) is 15.5. The molecule has 1 aromatic rings. The molecule has 1 amide bonds. The topological polar surface area (TPSA) is 44.7 Å². The first kappa shape index (κ1) is 14.6. The number of carbonyl (C=O) groups excluding carboxylic acids is 1. The number of aliphatic imine (C=N–C) groups is 1. The van der Waals surface area contributed by atoms with Crippen LogP contribution < -0.4 is 10.2 Å². The van der Waals surface area contributed by atoms with Gasteiger partial charge in [-0.05, 0) is 43.2 Å². The normalized spacial score (nSPS) is 17.9. The van der Waals surface area contributed by atoms with Crippen LogP contribution in [0.1, 0.15) is 32.3 Å². The Hall–Kier alpha value is -2.36. The second kappa shape index (κ2) is 6.18. The van der Waals surface area contributed by atoms with E-state index in [1.165, 1.54) is 11.1 Å². The van der Waals surface area contributed by atoms with E-state index in [0.717, 1.165) is 36.5 Å². The number of carbonyl (C=O) groups is 1. The highest BCUT2D eigenvalue weighted by Crippen LogP contribution is 2.35. The van der Waals surface area contributed by atoms with Gasteiger partial charge in [-0.3, -0.25) is 9.79 Å². The molecule has 0 bridgehead atoms. The Bertz CT molecular complexity index is 686. The predicted molar refractivity (Wildman–Crippen MR) is 92.4 cm³/mol. The number of hydrogen-bond acceptors (Lipinski definition) is 3. The minimum absolute atomic E-state index is 0.0693. The first-order chi connectivity index (χ1) is 10.7. The summed E-state index contributed by atoms with van der Waals surface area (Å²) in [5.41, 5.74) is 5.56. The Morgan fingerprint density at radius 2 is 2.32 bits per heavy atom. The lowest BCUT2D eigenvalue weighted by Crippen LogP contribution is -2.28. The van der Waals surface area contributed by atoms with E-state index in [1.54, 1.807) is 11.8 Å². The largest absolute Gasteiger partial charge is 0.384 e. The summed E-state index contributed by atoms with van der Waals surface area (Å²) in [6.07, 6.45) is 8.11. The molecule has 4 heteroatoms. The second-order valence-electron chi connectivity index (χ2n) is 5.52. The molecule has 1 N–H and O–H groups in total. The highest BCUT2D eigenvalue weighted by atomic mass is 16.2. The molecule has 0 aromatic heterocycles. The Labute approximate surface area is 131 Å². The lowest BCUT2D eigenvalue weighted by Gasteiger charge is -2.25. The van der Waals surface area contributed by atoms with Crippen molar-refractivity contribution in [2.45, 2.75) is 26.7 Å². The van der Waals surface area contributed by atoms with Gasteiger partial charge < -0.3 is 10.2 Å². The van der Waals surface area contributed by atoms with Crippen molar-refractivity contribution in [3.8, 4) is 0 Å². The highest BCUT2D eigenvalue weighted by Gasteiger charge is 2.17. The van der Waals surface area contributed by atoms with Crippen LogP contribution in [0.3, 0.4) is 0 Å². The van der Waals surface area contributed by atoms with E-state index in [9.17, 15) is 4.79 Å². The molecular formula is C18H21N3O. The number of nitrogens with one attached hydrogen (secondary N) is 1. The molecule has 1 aromatic carbocycles.